The molecule has 0 aliphatic carbocycles. The maximum atomic E-state index is 11.8. The zero-order valence-electron chi connectivity index (χ0n) is 21.6. The number of aryl methyl sites for hydroxylation is 1. The lowest BCUT2D eigenvalue weighted by Gasteiger charge is -2.12. The standard InChI is InChI=1S/C12H16N2O.C8H10O.C7H12N2O3/c1-14-8-7-11(9-14)13-12(15)10-5-3-2-4-6-10;1-7-4-3-5-8(6-7)9-2;1-9(6-11)5-7(12)8-3-2-4-10/h2-6,11H,7-9H2,1H3,(H,13,15);3-6H,1-2H3;4,6H,2-3,5H2,1H3,(H,8,12). The first-order chi connectivity index (χ1) is 17.3. The van der Waals surface area contributed by atoms with Crippen LogP contribution in [0.25, 0.3) is 0 Å². The number of carbonyl (C=O) groups is 4. The van der Waals surface area contributed by atoms with Gasteiger partial charge in [-0.1, -0.05) is 30.3 Å². The molecule has 1 unspecified atom stereocenters. The van der Waals surface area contributed by atoms with E-state index in [-0.39, 0.29) is 18.4 Å². The molecule has 196 valence electrons. The van der Waals surface area contributed by atoms with E-state index in [1.807, 2.05) is 61.5 Å². The number of benzene rings is 2. The number of likely N-dealkylation sites (N-methyl/N-ethyl adjacent to an activating group) is 2. The summed E-state index contributed by atoms with van der Waals surface area (Å²) in [6.45, 7) is 4.43. The van der Waals surface area contributed by atoms with Crippen molar-refractivity contribution in [2.24, 2.45) is 0 Å². The predicted molar refractivity (Wildman–Crippen MR) is 140 cm³/mol. The van der Waals surface area contributed by atoms with Gasteiger partial charge in [0.05, 0.1) is 13.7 Å². The molecular formula is C27H38N4O5. The normalized spacial score (nSPS) is 14.2. The van der Waals surface area contributed by atoms with Crippen LogP contribution in [0.4, 0.5) is 0 Å². The van der Waals surface area contributed by atoms with E-state index in [0.717, 1.165) is 37.1 Å². The second kappa shape index (κ2) is 17.7. The first kappa shape index (κ1) is 30.3. The van der Waals surface area contributed by atoms with Crippen molar-refractivity contribution in [2.75, 3.05) is 47.4 Å². The van der Waals surface area contributed by atoms with Gasteiger partial charge >= 0.3 is 0 Å². The molecule has 1 atom stereocenters. The lowest BCUT2D eigenvalue weighted by atomic mass is 10.2. The van der Waals surface area contributed by atoms with Crippen LogP contribution in [0.15, 0.2) is 54.6 Å². The molecule has 0 spiro atoms. The van der Waals surface area contributed by atoms with Gasteiger partial charge in [0.2, 0.25) is 12.3 Å². The first-order valence-electron chi connectivity index (χ1n) is 11.8. The molecule has 0 aromatic heterocycles. The first-order valence-corrected chi connectivity index (χ1v) is 11.8. The molecule has 36 heavy (non-hydrogen) atoms. The van der Waals surface area contributed by atoms with Crippen molar-refractivity contribution < 1.29 is 23.9 Å². The molecule has 9 nitrogen and oxygen atoms in total. The van der Waals surface area contributed by atoms with Crippen LogP contribution in [0.1, 0.15) is 28.8 Å². The van der Waals surface area contributed by atoms with Crippen LogP contribution >= 0.6 is 0 Å². The number of nitrogens with one attached hydrogen (secondary N) is 2. The Labute approximate surface area is 213 Å². The van der Waals surface area contributed by atoms with Gasteiger partial charge in [0, 0.05) is 38.2 Å². The van der Waals surface area contributed by atoms with E-state index in [1.165, 1.54) is 17.5 Å². The molecule has 2 aromatic carbocycles. The van der Waals surface area contributed by atoms with Crippen molar-refractivity contribution in [3.8, 4) is 5.75 Å². The van der Waals surface area contributed by atoms with Crippen LogP contribution in [-0.2, 0) is 14.4 Å². The fourth-order valence-electron chi connectivity index (χ4n) is 3.24. The lowest BCUT2D eigenvalue weighted by Crippen LogP contribution is -2.36. The van der Waals surface area contributed by atoms with E-state index in [2.05, 4.69) is 22.6 Å². The molecular weight excluding hydrogens is 460 g/mol. The summed E-state index contributed by atoms with van der Waals surface area (Å²) in [5, 5.41) is 5.52. The van der Waals surface area contributed by atoms with E-state index in [1.54, 1.807) is 7.11 Å². The monoisotopic (exact) mass is 498 g/mol. The Kier molecular flexibility index (Phi) is 14.9. The van der Waals surface area contributed by atoms with Crippen LogP contribution in [0.2, 0.25) is 0 Å². The van der Waals surface area contributed by atoms with Crippen LogP contribution in [-0.4, -0.2) is 87.7 Å². The Bertz CT molecular complexity index is 939. The molecule has 3 rings (SSSR count). The summed E-state index contributed by atoms with van der Waals surface area (Å²) in [4.78, 5) is 46.0. The molecule has 3 amide bonds. The maximum absolute atomic E-state index is 11.8. The van der Waals surface area contributed by atoms with Crippen molar-refractivity contribution in [2.45, 2.75) is 25.8 Å². The highest BCUT2D eigenvalue weighted by Crippen LogP contribution is 2.10. The van der Waals surface area contributed by atoms with E-state index >= 15 is 0 Å². The Hall–Kier alpha value is -3.72. The third-order valence-electron chi connectivity index (χ3n) is 5.15. The Morgan fingerprint density at radius 3 is 2.39 bits per heavy atom. The van der Waals surface area contributed by atoms with Gasteiger partial charge in [-0.3, -0.25) is 14.4 Å². The molecule has 0 radical (unpaired) electrons. The topological polar surface area (TPSA) is 108 Å². The highest BCUT2D eigenvalue weighted by Gasteiger charge is 2.21. The summed E-state index contributed by atoms with van der Waals surface area (Å²) in [6.07, 6.45) is 2.65. The minimum Gasteiger partial charge on any atom is -0.497 e. The average Bonchev–Trinajstić information content (AvgIpc) is 3.29. The molecule has 0 bridgehead atoms. The van der Waals surface area contributed by atoms with E-state index in [4.69, 9.17) is 4.74 Å². The summed E-state index contributed by atoms with van der Waals surface area (Å²) < 4.78 is 5.00. The van der Waals surface area contributed by atoms with Crippen molar-refractivity contribution >= 4 is 24.5 Å². The van der Waals surface area contributed by atoms with Crippen LogP contribution in [0.3, 0.4) is 0 Å². The summed E-state index contributed by atoms with van der Waals surface area (Å²) in [7, 11) is 5.26. The summed E-state index contributed by atoms with van der Waals surface area (Å²) >= 11 is 0. The molecule has 2 N–H and O–H groups in total. The minimum atomic E-state index is -0.258. The van der Waals surface area contributed by atoms with Gasteiger partial charge in [0.15, 0.2) is 0 Å². The number of amides is 3. The molecule has 1 aliphatic heterocycles. The fraction of sp³-hybridized carbons (Fsp3) is 0.407. The highest BCUT2D eigenvalue weighted by molar-refractivity contribution is 5.94. The summed E-state index contributed by atoms with van der Waals surface area (Å²) in [5.41, 5.74) is 1.97. The average molecular weight is 499 g/mol. The van der Waals surface area contributed by atoms with Crippen LogP contribution in [0, 0.1) is 6.92 Å². The Morgan fingerprint density at radius 1 is 1.14 bits per heavy atom. The van der Waals surface area contributed by atoms with Crippen molar-refractivity contribution in [3.05, 3.63) is 65.7 Å². The highest BCUT2D eigenvalue weighted by atomic mass is 16.5. The molecule has 9 heteroatoms. The number of aldehydes is 1. The van der Waals surface area contributed by atoms with Crippen molar-refractivity contribution in [3.63, 3.8) is 0 Å². The van der Waals surface area contributed by atoms with Gasteiger partial charge in [0.25, 0.3) is 5.91 Å². The Balaban J connectivity index is 0.000000280. The van der Waals surface area contributed by atoms with Crippen molar-refractivity contribution in [1.29, 1.82) is 0 Å². The third kappa shape index (κ3) is 13.2. The summed E-state index contributed by atoms with van der Waals surface area (Å²) in [5.74, 6) is 0.706. The lowest BCUT2D eigenvalue weighted by molar-refractivity contribution is -0.127. The second-order valence-electron chi connectivity index (χ2n) is 8.43. The number of rotatable bonds is 9. The number of ether oxygens (including phenoxy) is 1. The predicted octanol–water partition coefficient (Wildman–Crippen LogP) is 1.90. The molecule has 1 saturated heterocycles. The minimum absolute atomic E-state index is 0.0301. The smallest absolute Gasteiger partial charge is 0.251 e. The van der Waals surface area contributed by atoms with Crippen LogP contribution < -0.4 is 15.4 Å². The molecule has 1 aliphatic rings. The number of hydrogen-bond acceptors (Lipinski definition) is 6. The molecule has 0 saturated carbocycles. The Morgan fingerprint density at radius 2 is 1.86 bits per heavy atom. The largest absolute Gasteiger partial charge is 0.497 e. The number of hydrogen-bond donors (Lipinski definition) is 2. The van der Waals surface area contributed by atoms with Gasteiger partial charge in [-0.15, -0.1) is 0 Å². The number of nitrogens with zero attached hydrogens (tertiary/aromatic N) is 2. The maximum Gasteiger partial charge on any atom is 0.251 e. The fourth-order valence-corrected chi connectivity index (χ4v) is 3.24. The van der Waals surface area contributed by atoms with E-state index in [0.29, 0.717) is 25.4 Å². The van der Waals surface area contributed by atoms with Gasteiger partial charge in [-0.05, 0) is 56.8 Å². The molecule has 2 aromatic rings. The third-order valence-corrected chi connectivity index (χ3v) is 5.15. The summed E-state index contributed by atoms with van der Waals surface area (Å²) in [6, 6.07) is 17.6. The van der Waals surface area contributed by atoms with Crippen LogP contribution in [0.5, 0.6) is 5.75 Å². The van der Waals surface area contributed by atoms with E-state index < -0.39 is 0 Å². The van der Waals surface area contributed by atoms with Gasteiger partial charge in [0.1, 0.15) is 12.0 Å². The zero-order chi connectivity index (χ0) is 26.8. The second-order valence-corrected chi connectivity index (χ2v) is 8.43. The zero-order valence-corrected chi connectivity index (χ0v) is 21.6. The van der Waals surface area contributed by atoms with Crippen molar-refractivity contribution in [1.82, 2.24) is 20.4 Å². The number of likely N-dealkylation sites (tertiary alicyclic amines) is 1. The number of carbonyl (C=O) groups excluding carboxylic acids is 4. The van der Waals surface area contributed by atoms with Gasteiger partial charge in [-0.25, -0.2) is 0 Å². The van der Waals surface area contributed by atoms with Gasteiger partial charge < -0.3 is 30.0 Å². The molecule has 1 fully saturated rings. The molecule has 1 heterocycles. The van der Waals surface area contributed by atoms with Gasteiger partial charge in [-0.2, -0.15) is 0 Å². The van der Waals surface area contributed by atoms with E-state index in [9.17, 15) is 19.2 Å². The quantitative estimate of drug-likeness (QED) is 0.404. The SMILES string of the molecule is CN(C=O)CC(=O)NCCC=O.CN1CCC(NC(=O)c2ccccc2)C1.COc1cccc(C)c1. The number of methoxy groups -OCH3 is 1.